The summed E-state index contributed by atoms with van der Waals surface area (Å²) in [7, 11) is 0. The smallest absolute Gasteiger partial charge is 0.248 e. The third-order valence-electron chi connectivity index (χ3n) is 3.20. The van der Waals surface area contributed by atoms with Crippen molar-refractivity contribution in [2.75, 3.05) is 18.5 Å². The minimum absolute atomic E-state index is 0.391. The van der Waals surface area contributed by atoms with E-state index in [1.54, 1.807) is 12.1 Å². The van der Waals surface area contributed by atoms with E-state index in [0.29, 0.717) is 11.7 Å². The molecule has 1 unspecified atom stereocenters. The van der Waals surface area contributed by atoms with Gasteiger partial charge in [0.05, 0.1) is 6.10 Å². The van der Waals surface area contributed by atoms with Crippen LogP contribution in [0.2, 0.25) is 0 Å². The molecular formula is C14H20N2O2. The molecule has 0 aromatic heterocycles. The van der Waals surface area contributed by atoms with E-state index in [1.807, 2.05) is 12.1 Å². The average Bonchev–Trinajstić information content (AvgIpc) is 2.88. The molecule has 1 aliphatic rings. The molecule has 98 valence electrons. The zero-order valence-corrected chi connectivity index (χ0v) is 10.5. The van der Waals surface area contributed by atoms with Crippen molar-refractivity contribution in [3.8, 4) is 0 Å². The molecule has 1 atom stereocenters. The van der Waals surface area contributed by atoms with E-state index in [1.165, 1.54) is 12.8 Å². The summed E-state index contributed by atoms with van der Waals surface area (Å²) in [6, 6.07) is 7.29. The van der Waals surface area contributed by atoms with E-state index in [4.69, 9.17) is 10.5 Å². The van der Waals surface area contributed by atoms with Crippen molar-refractivity contribution >= 4 is 11.6 Å². The highest BCUT2D eigenvalue weighted by Gasteiger charge is 2.14. The van der Waals surface area contributed by atoms with Crippen molar-refractivity contribution in [2.24, 2.45) is 5.73 Å². The Labute approximate surface area is 108 Å². The molecular weight excluding hydrogens is 228 g/mol. The number of anilines is 1. The van der Waals surface area contributed by atoms with Gasteiger partial charge in [0.15, 0.2) is 0 Å². The number of benzene rings is 1. The molecule has 0 radical (unpaired) electrons. The number of primary amides is 1. The number of nitrogens with two attached hydrogens (primary N) is 1. The summed E-state index contributed by atoms with van der Waals surface area (Å²) in [4.78, 5) is 11.0. The monoisotopic (exact) mass is 248 g/mol. The quantitative estimate of drug-likeness (QED) is 0.758. The Kier molecular flexibility index (Phi) is 4.59. The van der Waals surface area contributed by atoms with E-state index in [2.05, 4.69) is 5.32 Å². The van der Waals surface area contributed by atoms with Crippen LogP contribution < -0.4 is 11.1 Å². The van der Waals surface area contributed by atoms with Gasteiger partial charge >= 0.3 is 0 Å². The van der Waals surface area contributed by atoms with E-state index in [9.17, 15) is 4.79 Å². The molecule has 1 amide bonds. The first kappa shape index (κ1) is 12.9. The Morgan fingerprint density at radius 3 is 3.11 bits per heavy atom. The summed E-state index contributed by atoms with van der Waals surface area (Å²) in [6.45, 7) is 1.81. The standard InChI is InChI=1S/C14H20N2O2/c15-14(17)11-4-1-5-12(10-11)16-8-2-6-13-7-3-9-18-13/h1,4-5,10,13,16H,2-3,6-9H2,(H2,15,17). The fourth-order valence-corrected chi connectivity index (χ4v) is 2.22. The van der Waals surface area contributed by atoms with Crippen LogP contribution in [-0.4, -0.2) is 25.2 Å². The molecule has 1 saturated heterocycles. The largest absolute Gasteiger partial charge is 0.385 e. The number of ether oxygens (including phenoxy) is 1. The Bertz CT molecular complexity index is 401. The Hall–Kier alpha value is -1.55. The second-order valence-electron chi connectivity index (χ2n) is 4.65. The maximum absolute atomic E-state index is 11.0. The molecule has 1 heterocycles. The maximum Gasteiger partial charge on any atom is 0.248 e. The zero-order valence-electron chi connectivity index (χ0n) is 10.5. The third kappa shape index (κ3) is 3.74. The number of hydrogen-bond donors (Lipinski definition) is 2. The number of nitrogens with one attached hydrogen (secondary N) is 1. The lowest BCUT2D eigenvalue weighted by molar-refractivity contribution is 0.1000. The predicted molar refractivity (Wildman–Crippen MR) is 71.7 cm³/mol. The lowest BCUT2D eigenvalue weighted by Gasteiger charge is -2.10. The summed E-state index contributed by atoms with van der Waals surface area (Å²) < 4.78 is 5.57. The first-order chi connectivity index (χ1) is 8.75. The fraction of sp³-hybridized carbons (Fsp3) is 0.500. The molecule has 3 N–H and O–H groups in total. The number of carbonyl (C=O) groups excluding carboxylic acids is 1. The average molecular weight is 248 g/mol. The van der Waals surface area contributed by atoms with Crippen LogP contribution in [0.3, 0.4) is 0 Å². The van der Waals surface area contributed by atoms with Gasteiger partial charge in [-0.3, -0.25) is 4.79 Å². The summed E-state index contributed by atoms with van der Waals surface area (Å²) in [5, 5.41) is 3.30. The summed E-state index contributed by atoms with van der Waals surface area (Å²) in [6.07, 6.45) is 5.01. The minimum atomic E-state index is -0.391. The molecule has 1 aromatic rings. The fourth-order valence-electron chi connectivity index (χ4n) is 2.22. The van der Waals surface area contributed by atoms with Gasteiger partial charge in [-0.15, -0.1) is 0 Å². The van der Waals surface area contributed by atoms with E-state index < -0.39 is 5.91 Å². The number of amides is 1. The molecule has 4 nitrogen and oxygen atoms in total. The summed E-state index contributed by atoms with van der Waals surface area (Å²) in [5.74, 6) is -0.391. The summed E-state index contributed by atoms with van der Waals surface area (Å²) >= 11 is 0. The Morgan fingerprint density at radius 1 is 1.50 bits per heavy atom. The molecule has 2 rings (SSSR count). The van der Waals surface area contributed by atoms with Crippen LogP contribution in [0.1, 0.15) is 36.0 Å². The summed E-state index contributed by atoms with van der Waals surface area (Å²) in [5.41, 5.74) is 6.72. The van der Waals surface area contributed by atoms with Gasteiger partial charge < -0.3 is 15.8 Å². The highest BCUT2D eigenvalue weighted by Crippen LogP contribution is 2.17. The molecule has 1 aliphatic heterocycles. The van der Waals surface area contributed by atoms with Crippen molar-refractivity contribution in [3.05, 3.63) is 29.8 Å². The van der Waals surface area contributed by atoms with Gasteiger partial charge in [0, 0.05) is 24.4 Å². The van der Waals surface area contributed by atoms with Gasteiger partial charge in [-0.2, -0.15) is 0 Å². The zero-order chi connectivity index (χ0) is 12.8. The lowest BCUT2D eigenvalue weighted by atomic mass is 10.1. The Morgan fingerprint density at radius 2 is 2.39 bits per heavy atom. The van der Waals surface area contributed by atoms with Crippen molar-refractivity contribution in [1.29, 1.82) is 0 Å². The van der Waals surface area contributed by atoms with Crippen LogP contribution in [0.15, 0.2) is 24.3 Å². The van der Waals surface area contributed by atoms with E-state index in [0.717, 1.165) is 31.7 Å². The molecule has 0 bridgehead atoms. The highest BCUT2D eigenvalue weighted by atomic mass is 16.5. The van der Waals surface area contributed by atoms with Crippen LogP contribution in [-0.2, 0) is 4.74 Å². The minimum Gasteiger partial charge on any atom is -0.385 e. The topological polar surface area (TPSA) is 64.4 Å². The number of carbonyl (C=O) groups is 1. The second-order valence-corrected chi connectivity index (χ2v) is 4.65. The van der Waals surface area contributed by atoms with Gasteiger partial charge in [0.1, 0.15) is 0 Å². The first-order valence-corrected chi connectivity index (χ1v) is 6.51. The van der Waals surface area contributed by atoms with Crippen LogP contribution in [0.5, 0.6) is 0 Å². The van der Waals surface area contributed by atoms with Crippen molar-refractivity contribution in [1.82, 2.24) is 0 Å². The van der Waals surface area contributed by atoms with Gasteiger partial charge in [-0.05, 0) is 43.9 Å². The van der Waals surface area contributed by atoms with E-state index in [-0.39, 0.29) is 0 Å². The van der Waals surface area contributed by atoms with Gasteiger partial charge in [0.2, 0.25) is 5.91 Å². The van der Waals surface area contributed by atoms with Crippen LogP contribution in [0, 0.1) is 0 Å². The van der Waals surface area contributed by atoms with Crippen LogP contribution in [0.25, 0.3) is 0 Å². The second kappa shape index (κ2) is 6.40. The highest BCUT2D eigenvalue weighted by molar-refractivity contribution is 5.93. The molecule has 0 aliphatic carbocycles. The van der Waals surface area contributed by atoms with Gasteiger partial charge in [-0.25, -0.2) is 0 Å². The molecule has 0 saturated carbocycles. The number of rotatable bonds is 6. The van der Waals surface area contributed by atoms with E-state index >= 15 is 0 Å². The normalized spacial score (nSPS) is 18.8. The molecule has 18 heavy (non-hydrogen) atoms. The maximum atomic E-state index is 11.0. The molecule has 1 aromatic carbocycles. The SMILES string of the molecule is NC(=O)c1cccc(NCCCC2CCCO2)c1. The van der Waals surface area contributed by atoms with Crippen LogP contribution >= 0.6 is 0 Å². The number of hydrogen-bond acceptors (Lipinski definition) is 3. The van der Waals surface area contributed by atoms with Crippen molar-refractivity contribution < 1.29 is 9.53 Å². The third-order valence-corrected chi connectivity index (χ3v) is 3.20. The van der Waals surface area contributed by atoms with Crippen LogP contribution in [0.4, 0.5) is 5.69 Å². The Balaban J connectivity index is 1.72. The first-order valence-electron chi connectivity index (χ1n) is 6.51. The molecule has 1 fully saturated rings. The molecule has 0 spiro atoms. The van der Waals surface area contributed by atoms with Gasteiger partial charge in [-0.1, -0.05) is 6.07 Å². The molecule has 4 heteroatoms. The van der Waals surface area contributed by atoms with Crippen molar-refractivity contribution in [2.45, 2.75) is 31.8 Å². The lowest BCUT2D eigenvalue weighted by Crippen LogP contribution is -2.12. The van der Waals surface area contributed by atoms with Gasteiger partial charge in [0.25, 0.3) is 0 Å². The predicted octanol–water partition coefficient (Wildman–Crippen LogP) is 2.16. The van der Waals surface area contributed by atoms with Crippen molar-refractivity contribution in [3.63, 3.8) is 0 Å².